The van der Waals surface area contributed by atoms with E-state index in [9.17, 15) is 9.59 Å². The third-order valence-electron chi connectivity index (χ3n) is 4.30. The molecule has 3 nitrogen and oxygen atoms in total. The maximum atomic E-state index is 12.5. The Morgan fingerprint density at radius 3 is 2.24 bits per heavy atom. The quantitative estimate of drug-likeness (QED) is 0.509. The molecule has 0 saturated carbocycles. The number of carbonyl (C=O) groups excluding carboxylic acids is 2. The van der Waals surface area contributed by atoms with Crippen LogP contribution in [0.2, 0.25) is 0 Å². The fourth-order valence-corrected chi connectivity index (χ4v) is 3.30. The third-order valence-corrected chi connectivity index (χ3v) is 4.30. The van der Waals surface area contributed by atoms with Crippen LogP contribution < -0.4 is 0 Å². The normalized spacial score (nSPS) is 10.7. The summed E-state index contributed by atoms with van der Waals surface area (Å²) in [5.74, 6) is -0.656. The highest BCUT2D eigenvalue weighted by atomic mass is 16.5. The average molecular weight is 332 g/mol. The smallest absolute Gasteiger partial charge is 0.339 e. The molecule has 3 aromatic rings. The van der Waals surface area contributed by atoms with Gasteiger partial charge < -0.3 is 4.74 Å². The molecular formula is C22H20O3. The van der Waals surface area contributed by atoms with Crippen LogP contribution in [0, 0.1) is 20.8 Å². The van der Waals surface area contributed by atoms with Crippen LogP contribution in [0.3, 0.4) is 0 Å². The van der Waals surface area contributed by atoms with E-state index in [0.717, 1.165) is 27.5 Å². The molecule has 0 spiro atoms. The summed E-state index contributed by atoms with van der Waals surface area (Å²) in [4.78, 5) is 25.0. The molecule has 0 radical (unpaired) electrons. The zero-order valence-electron chi connectivity index (χ0n) is 14.6. The molecule has 0 bridgehead atoms. The summed E-state index contributed by atoms with van der Waals surface area (Å²) in [6.07, 6.45) is 0. The van der Waals surface area contributed by atoms with Crippen LogP contribution in [-0.4, -0.2) is 18.4 Å². The summed E-state index contributed by atoms with van der Waals surface area (Å²) in [5.41, 5.74) is 4.03. The number of hydrogen-bond acceptors (Lipinski definition) is 3. The molecule has 0 saturated heterocycles. The lowest BCUT2D eigenvalue weighted by molar-refractivity contribution is 0.0476. The van der Waals surface area contributed by atoms with Gasteiger partial charge in [0.25, 0.3) is 0 Å². The van der Waals surface area contributed by atoms with Crippen LogP contribution in [0.1, 0.15) is 37.4 Å². The molecule has 0 heterocycles. The average Bonchev–Trinajstić information content (AvgIpc) is 2.58. The van der Waals surface area contributed by atoms with Crippen LogP contribution in [0.4, 0.5) is 0 Å². The molecule has 3 aromatic carbocycles. The molecule has 0 aliphatic heterocycles. The van der Waals surface area contributed by atoms with Crippen molar-refractivity contribution in [1.29, 1.82) is 0 Å². The van der Waals surface area contributed by atoms with Crippen molar-refractivity contribution in [2.75, 3.05) is 6.61 Å². The predicted molar refractivity (Wildman–Crippen MR) is 99.2 cm³/mol. The number of ketones is 1. The second-order valence-corrected chi connectivity index (χ2v) is 6.30. The molecule has 0 N–H and O–H groups in total. The van der Waals surface area contributed by atoms with E-state index in [-0.39, 0.29) is 12.4 Å². The molecule has 0 amide bonds. The Bertz CT molecular complexity index is 942. The maximum Gasteiger partial charge on any atom is 0.339 e. The first kappa shape index (κ1) is 16.9. The van der Waals surface area contributed by atoms with Gasteiger partial charge in [-0.05, 0) is 48.7 Å². The maximum absolute atomic E-state index is 12.5. The first-order valence-corrected chi connectivity index (χ1v) is 8.23. The van der Waals surface area contributed by atoms with Gasteiger partial charge in [-0.1, -0.05) is 54.1 Å². The lowest BCUT2D eigenvalue weighted by Crippen LogP contribution is -2.16. The molecule has 3 rings (SSSR count). The van der Waals surface area contributed by atoms with Crippen LogP contribution in [0.5, 0.6) is 0 Å². The van der Waals surface area contributed by atoms with Crippen molar-refractivity contribution >= 4 is 22.5 Å². The molecule has 0 unspecified atom stereocenters. The van der Waals surface area contributed by atoms with E-state index in [1.807, 2.05) is 69.3 Å². The number of carbonyl (C=O) groups is 2. The molecule has 0 aromatic heterocycles. The molecule has 0 aliphatic rings. The number of aryl methyl sites for hydroxylation is 3. The molecule has 25 heavy (non-hydrogen) atoms. The van der Waals surface area contributed by atoms with E-state index < -0.39 is 5.97 Å². The summed E-state index contributed by atoms with van der Waals surface area (Å²) < 4.78 is 5.30. The Morgan fingerprint density at radius 2 is 1.52 bits per heavy atom. The first-order valence-electron chi connectivity index (χ1n) is 8.23. The number of hydrogen-bond donors (Lipinski definition) is 0. The predicted octanol–water partition coefficient (Wildman–Crippen LogP) is 4.80. The summed E-state index contributed by atoms with van der Waals surface area (Å²) in [7, 11) is 0. The second kappa shape index (κ2) is 6.89. The van der Waals surface area contributed by atoms with Gasteiger partial charge in [-0.3, -0.25) is 4.79 Å². The molecular weight excluding hydrogens is 312 g/mol. The van der Waals surface area contributed by atoms with Crippen molar-refractivity contribution in [2.45, 2.75) is 20.8 Å². The Balaban J connectivity index is 1.79. The van der Waals surface area contributed by atoms with Gasteiger partial charge in [0.15, 0.2) is 6.61 Å². The summed E-state index contributed by atoms with van der Waals surface area (Å²) >= 11 is 0. The van der Waals surface area contributed by atoms with Gasteiger partial charge in [0.1, 0.15) is 0 Å². The topological polar surface area (TPSA) is 43.4 Å². The van der Waals surface area contributed by atoms with Crippen molar-refractivity contribution in [3.8, 4) is 0 Å². The first-order chi connectivity index (χ1) is 12.0. The fourth-order valence-electron chi connectivity index (χ4n) is 3.30. The second-order valence-electron chi connectivity index (χ2n) is 6.30. The van der Waals surface area contributed by atoms with E-state index in [0.29, 0.717) is 11.1 Å². The van der Waals surface area contributed by atoms with Crippen LogP contribution in [0.15, 0.2) is 54.6 Å². The van der Waals surface area contributed by atoms with E-state index in [2.05, 4.69) is 0 Å². The highest BCUT2D eigenvalue weighted by Crippen LogP contribution is 2.20. The highest BCUT2D eigenvalue weighted by Gasteiger charge is 2.17. The van der Waals surface area contributed by atoms with Crippen molar-refractivity contribution in [1.82, 2.24) is 0 Å². The third kappa shape index (κ3) is 3.45. The minimum atomic E-state index is -0.479. The largest absolute Gasteiger partial charge is 0.454 e. The van der Waals surface area contributed by atoms with Gasteiger partial charge >= 0.3 is 5.97 Å². The van der Waals surface area contributed by atoms with Crippen molar-refractivity contribution in [3.63, 3.8) is 0 Å². The molecule has 0 aliphatic carbocycles. The molecule has 0 fully saturated rings. The lowest BCUT2D eigenvalue weighted by Gasteiger charge is -2.11. The lowest BCUT2D eigenvalue weighted by atomic mass is 9.97. The number of ether oxygens (including phenoxy) is 1. The van der Waals surface area contributed by atoms with Gasteiger partial charge in [0.05, 0.1) is 5.56 Å². The minimum Gasteiger partial charge on any atom is -0.454 e. The van der Waals surface area contributed by atoms with Gasteiger partial charge in [0.2, 0.25) is 5.78 Å². The standard InChI is InChI=1S/C22H20O3/c1-14-11-15(2)21(16(3)12-14)20(23)13-25-22(24)19-10-6-8-17-7-4-5-9-18(17)19/h4-12H,13H2,1-3H3. The van der Waals surface area contributed by atoms with Gasteiger partial charge in [-0.2, -0.15) is 0 Å². The number of esters is 1. The van der Waals surface area contributed by atoms with E-state index in [1.54, 1.807) is 6.07 Å². The number of Topliss-reactive ketones (excluding diaryl/α,β-unsaturated/α-hetero) is 1. The fraction of sp³-hybridized carbons (Fsp3) is 0.182. The van der Waals surface area contributed by atoms with Gasteiger partial charge in [0, 0.05) is 5.56 Å². The van der Waals surface area contributed by atoms with Crippen molar-refractivity contribution < 1.29 is 14.3 Å². The Morgan fingerprint density at radius 1 is 0.880 bits per heavy atom. The van der Waals surface area contributed by atoms with Crippen molar-refractivity contribution in [3.05, 3.63) is 82.4 Å². The Labute approximate surface area is 147 Å². The van der Waals surface area contributed by atoms with E-state index in [1.165, 1.54) is 0 Å². The number of fused-ring (bicyclic) bond motifs is 1. The highest BCUT2D eigenvalue weighted by molar-refractivity contribution is 6.06. The number of benzene rings is 3. The summed E-state index contributed by atoms with van der Waals surface area (Å²) in [6, 6.07) is 17.0. The SMILES string of the molecule is Cc1cc(C)c(C(=O)COC(=O)c2cccc3ccccc23)c(C)c1. The molecule has 0 atom stereocenters. The van der Waals surface area contributed by atoms with Gasteiger partial charge in [-0.25, -0.2) is 4.79 Å². The van der Waals surface area contributed by atoms with Crippen molar-refractivity contribution in [2.24, 2.45) is 0 Å². The van der Waals surface area contributed by atoms with Crippen LogP contribution in [-0.2, 0) is 4.74 Å². The summed E-state index contributed by atoms with van der Waals surface area (Å²) in [6.45, 7) is 5.54. The zero-order valence-corrected chi connectivity index (χ0v) is 14.6. The summed E-state index contributed by atoms with van der Waals surface area (Å²) in [5, 5.41) is 1.79. The Hall–Kier alpha value is -2.94. The minimum absolute atomic E-state index is 0.177. The van der Waals surface area contributed by atoms with E-state index >= 15 is 0 Å². The molecule has 3 heteroatoms. The molecule has 126 valence electrons. The van der Waals surface area contributed by atoms with Crippen LogP contribution in [0.25, 0.3) is 10.8 Å². The van der Waals surface area contributed by atoms with Gasteiger partial charge in [-0.15, -0.1) is 0 Å². The number of rotatable bonds is 4. The van der Waals surface area contributed by atoms with Crippen LogP contribution >= 0.6 is 0 Å². The zero-order chi connectivity index (χ0) is 18.0. The Kier molecular flexibility index (Phi) is 4.66. The monoisotopic (exact) mass is 332 g/mol. The van der Waals surface area contributed by atoms with E-state index in [4.69, 9.17) is 4.74 Å².